The number of aliphatic hydroxyl groups excluding tert-OH is 1. The molecule has 0 saturated carbocycles. The summed E-state index contributed by atoms with van der Waals surface area (Å²) >= 11 is 0. The first-order valence-electron chi connectivity index (χ1n) is 13.5. The van der Waals surface area contributed by atoms with Crippen LogP contribution >= 0.6 is 0 Å². The van der Waals surface area contributed by atoms with E-state index in [1.54, 1.807) is 62.4 Å². The van der Waals surface area contributed by atoms with E-state index in [1.807, 2.05) is 26.8 Å². The van der Waals surface area contributed by atoms with Crippen LogP contribution in [-0.4, -0.2) is 46.8 Å². The fourth-order valence-corrected chi connectivity index (χ4v) is 4.05. The highest BCUT2D eigenvalue weighted by Gasteiger charge is 2.19. The second kappa shape index (κ2) is 14.7. The van der Waals surface area contributed by atoms with E-state index >= 15 is 0 Å². The standard InChI is InChI=1S/C31H38N4O7/c1-18(2)41-27-14-21(16-36)13-23(29(27)40-17-28(37)42-19(3)4)15-33-26-11-6-20(5)12-25(26)31(38)34-24-9-7-22(8-10-24)30(32)35-39/h6-14,18-19,33,36,39H,15-17H2,1-5H3,(H2,32,35)(H,34,38). The summed E-state index contributed by atoms with van der Waals surface area (Å²) < 4.78 is 17.1. The molecule has 0 unspecified atom stereocenters. The van der Waals surface area contributed by atoms with Crippen LogP contribution in [0.15, 0.2) is 59.8 Å². The number of hydrogen-bond acceptors (Lipinski definition) is 9. The monoisotopic (exact) mass is 578 g/mol. The van der Waals surface area contributed by atoms with Crippen LogP contribution in [0.2, 0.25) is 0 Å². The predicted octanol–water partition coefficient (Wildman–Crippen LogP) is 4.56. The molecule has 0 fully saturated rings. The van der Waals surface area contributed by atoms with Gasteiger partial charge in [0, 0.05) is 29.0 Å². The van der Waals surface area contributed by atoms with E-state index in [-0.39, 0.29) is 43.7 Å². The van der Waals surface area contributed by atoms with Crippen LogP contribution in [0.5, 0.6) is 11.5 Å². The predicted molar refractivity (Wildman–Crippen MR) is 160 cm³/mol. The number of anilines is 2. The summed E-state index contributed by atoms with van der Waals surface area (Å²) in [6, 6.07) is 15.4. The maximum Gasteiger partial charge on any atom is 0.344 e. The van der Waals surface area contributed by atoms with E-state index in [2.05, 4.69) is 15.8 Å². The molecular formula is C31H38N4O7. The Hall–Kier alpha value is -4.77. The smallest absolute Gasteiger partial charge is 0.344 e. The number of amides is 1. The molecule has 3 aromatic carbocycles. The van der Waals surface area contributed by atoms with Gasteiger partial charge in [0.2, 0.25) is 0 Å². The van der Waals surface area contributed by atoms with Crippen molar-refractivity contribution in [2.75, 3.05) is 17.2 Å². The lowest BCUT2D eigenvalue weighted by Crippen LogP contribution is -2.20. The fraction of sp³-hybridized carbons (Fsp3) is 0.323. The molecule has 0 heterocycles. The normalized spacial score (nSPS) is 11.4. The maximum atomic E-state index is 13.3. The Kier molecular flexibility index (Phi) is 11.1. The van der Waals surface area contributed by atoms with E-state index in [9.17, 15) is 14.7 Å². The van der Waals surface area contributed by atoms with Crippen LogP contribution in [0, 0.1) is 6.92 Å². The van der Waals surface area contributed by atoms with Gasteiger partial charge < -0.3 is 40.9 Å². The van der Waals surface area contributed by atoms with E-state index in [1.165, 1.54) is 0 Å². The first-order valence-corrected chi connectivity index (χ1v) is 13.5. The summed E-state index contributed by atoms with van der Waals surface area (Å²) in [5.74, 6) is -0.201. The number of nitrogens with one attached hydrogen (secondary N) is 2. The van der Waals surface area contributed by atoms with E-state index in [0.717, 1.165) is 5.56 Å². The van der Waals surface area contributed by atoms with Gasteiger partial charge in [-0.25, -0.2) is 4.79 Å². The van der Waals surface area contributed by atoms with E-state index < -0.39 is 5.97 Å². The molecule has 11 heteroatoms. The first kappa shape index (κ1) is 31.8. The minimum Gasteiger partial charge on any atom is -0.487 e. The number of esters is 1. The van der Waals surface area contributed by atoms with Crippen LogP contribution in [0.25, 0.3) is 0 Å². The Labute approximate surface area is 245 Å². The van der Waals surface area contributed by atoms with Crippen molar-refractivity contribution in [3.05, 3.63) is 82.4 Å². The summed E-state index contributed by atoms with van der Waals surface area (Å²) in [7, 11) is 0. The summed E-state index contributed by atoms with van der Waals surface area (Å²) in [4.78, 5) is 25.5. The van der Waals surface area contributed by atoms with Gasteiger partial charge in [0.05, 0.1) is 24.4 Å². The Morgan fingerprint density at radius 2 is 1.71 bits per heavy atom. The van der Waals surface area contributed by atoms with Crippen LogP contribution < -0.4 is 25.8 Å². The molecule has 1 amide bonds. The summed E-state index contributed by atoms with van der Waals surface area (Å²) in [6.07, 6.45) is -0.486. The molecule has 224 valence electrons. The molecule has 0 saturated heterocycles. The van der Waals surface area contributed by atoms with Crippen molar-refractivity contribution in [1.82, 2.24) is 0 Å². The maximum absolute atomic E-state index is 13.3. The van der Waals surface area contributed by atoms with Crippen LogP contribution in [0.4, 0.5) is 11.4 Å². The highest BCUT2D eigenvalue weighted by Crippen LogP contribution is 2.35. The lowest BCUT2D eigenvalue weighted by Gasteiger charge is -2.21. The Balaban J connectivity index is 1.88. The Morgan fingerprint density at radius 1 is 1.00 bits per heavy atom. The first-order chi connectivity index (χ1) is 20.0. The van der Waals surface area contributed by atoms with Crippen molar-refractivity contribution in [3.8, 4) is 11.5 Å². The summed E-state index contributed by atoms with van der Waals surface area (Å²) in [5.41, 5.74) is 9.70. The highest BCUT2D eigenvalue weighted by atomic mass is 16.6. The zero-order valence-electron chi connectivity index (χ0n) is 24.4. The lowest BCUT2D eigenvalue weighted by atomic mass is 10.1. The third-order valence-electron chi connectivity index (χ3n) is 5.87. The molecule has 42 heavy (non-hydrogen) atoms. The average Bonchev–Trinajstić information content (AvgIpc) is 2.94. The number of amidine groups is 1. The fourth-order valence-electron chi connectivity index (χ4n) is 4.05. The van der Waals surface area contributed by atoms with Crippen molar-refractivity contribution >= 4 is 29.1 Å². The molecule has 11 nitrogen and oxygen atoms in total. The average molecular weight is 579 g/mol. The largest absolute Gasteiger partial charge is 0.487 e. The molecule has 3 rings (SSSR count). The minimum atomic E-state index is -0.525. The number of ether oxygens (including phenoxy) is 3. The SMILES string of the molecule is Cc1ccc(NCc2cc(CO)cc(OC(C)C)c2OCC(=O)OC(C)C)c(C(=O)Nc2ccc(/C(N)=N/O)cc2)c1. The number of carbonyl (C=O) groups excluding carboxylic acids is 2. The molecule has 3 aromatic rings. The van der Waals surface area contributed by atoms with Crippen molar-refractivity contribution in [1.29, 1.82) is 0 Å². The van der Waals surface area contributed by atoms with Gasteiger partial charge in [-0.1, -0.05) is 16.8 Å². The second-order valence-electron chi connectivity index (χ2n) is 10.2. The molecule has 0 aliphatic heterocycles. The highest BCUT2D eigenvalue weighted by molar-refractivity contribution is 6.08. The number of nitrogens with zero attached hydrogens (tertiary/aromatic N) is 1. The molecule has 6 N–H and O–H groups in total. The number of aryl methyl sites for hydroxylation is 1. The summed E-state index contributed by atoms with van der Waals surface area (Å²) in [6.45, 7) is 8.74. The molecule has 0 aliphatic carbocycles. The molecule has 0 bridgehead atoms. The Morgan fingerprint density at radius 3 is 2.33 bits per heavy atom. The Bertz CT molecular complexity index is 1420. The van der Waals surface area contributed by atoms with Gasteiger partial charge in [0.15, 0.2) is 23.9 Å². The third kappa shape index (κ3) is 8.87. The molecule has 0 spiro atoms. The van der Waals surface area contributed by atoms with Crippen molar-refractivity contribution in [2.45, 2.75) is 60.0 Å². The van der Waals surface area contributed by atoms with E-state index in [0.29, 0.717) is 45.1 Å². The van der Waals surface area contributed by atoms with Gasteiger partial charge >= 0.3 is 5.97 Å². The number of carbonyl (C=O) groups is 2. The minimum absolute atomic E-state index is 0.0366. The summed E-state index contributed by atoms with van der Waals surface area (Å²) in [5, 5.41) is 27.9. The topological polar surface area (TPSA) is 165 Å². The van der Waals surface area contributed by atoms with Gasteiger partial charge in [-0.15, -0.1) is 0 Å². The number of oxime groups is 1. The number of benzene rings is 3. The van der Waals surface area contributed by atoms with Gasteiger partial charge in [-0.3, -0.25) is 4.79 Å². The zero-order valence-corrected chi connectivity index (χ0v) is 24.4. The van der Waals surface area contributed by atoms with Gasteiger partial charge in [-0.05, 0) is 88.7 Å². The van der Waals surface area contributed by atoms with Gasteiger partial charge in [0.25, 0.3) is 5.91 Å². The zero-order chi connectivity index (χ0) is 30.8. The third-order valence-corrected chi connectivity index (χ3v) is 5.87. The van der Waals surface area contributed by atoms with Crippen LogP contribution in [0.3, 0.4) is 0 Å². The molecule has 0 radical (unpaired) electrons. The molecule has 0 aliphatic rings. The van der Waals surface area contributed by atoms with Gasteiger partial charge in [0.1, 0.15) is 0 Å². The number of aliphatic hydroxyl groups is 1. The molecular weight excluding hydrogens is 540 g/mol. The van der Waals surface area contributed by atoms with Gasteiger partial charge in [-0.2, -0.15) is 0 Å². The van der Waals surface area contributed by atoms with Crippen LogP contribution in [-0.2, 0) is 22.7 Å². The van der Waals surface area contributed by atoms with Crippen molar-refractivity contribution in [3.63, 3.8) is 0 Å². The van der Waals surface area contributed by atoms with Crippen molar-refractivity contribution in [2.24, 2.45) is 10.9 Å². The van der Waals surface area contributed by atoms with Crippen molar-refractivity contribution < 1.29 is 34.1 Å². The molecule has 0 atom stereocenters. The lowest BCUT2D eigenvalue weighted by molar-refractivity contribution is -0.149. The second-order valence-corrected chi connectivity index (χ2v) is 10.2. The number of rotatable bonds is 13. The number of hydrogen-bond donors (Lipinski definition) is 5. The van der Waals surface area contributed by atoms with E-state index in [4.69, 9.17) is 25.2 Å². The quantitative estimate of drug-likeness (QED) is 0.0642. The molecule has 0 aromatic heterocycles. The van der Waals surface area contributed by atoms with Crippen LogP contribution in [0.1, 0.15) is 60.3 Å². The number of nitrogens with two attached hydrogens (primary N) is 1.